The average molecular weight is 288 g/mol. The third kappa shape index (κ3) is 5.00. The van der Waals surface area contributed by atoms with Crippen LogP contribution in [0.15, 0.2) is 0 Å². The van der Waals surface area contributed by atoms with E-state index in [1.165, 1.54) is 7.11 Å². The third-order valence-corrected chi connectivity index (χ3v) is 3.23. The summed E-state index contributed by atoms with van der Waals surface area (Å²) in [6.07, 6.45) is -0.515. The van der Waals surface area contributed by atoms with E-state index in [0.717, 1.165) is 0 Å². The summed E-state index contributed by atoms with van der Waals surface area (Å²) >= 11 is 0. The maximum absolute atomic E-state index is 12.3. The van der Waals surface area contributed by atoms with E-state index < -0.39 is 18.2 Å². The van der Waals surface area contributed by atoms with Crippen molar-refractivity contribution >= 4 is 12.0 Å². The van der Waals surface area contributed by atoms with Gasteiger partial charge in [0.1, 0.15) is 6.04 Å². The Kier molecular flexibility index (Phi) is 8.22. The summed E-state index contributed by atoms with van der Waals surface area (Å²) in [5.41, 5.74) is 0. The van der Waals surface area contributed by atoms with Crippen molar-refractivity contribution in [3.8, 4) is 0 Å². The maximum Gasteiger partial charge on any atom is 0.407 e. The van der Waals surface area contributed by atoms with Crippen molar-refractivity contribution < 1.29 is 19.4 Å². The number of nitrogens with one attached hydrogen (secondary N) is 1. The van der Waals surface area contributed by atoms with E-state index in [-0.39, 0.29) is 17.9 Å². The van der Waals surface area contributed by atoms with E-state index in [4.69, 9.17) is 0 Å². The van der Waals surface area contributed by atoms with Crippen LogP contribution in [0.4, 0.5) is 4.79 Å². The van der Waals surface area contributed by atoms with Gasteiger partial charge in [-0.1, -0.05) is 27.7 Å². The number of hydrogen-bond donors (Lipinski definition) is 2. The first-order valence-electron chi connectivity index (χ1n) is 7.19. The number of β-amino-alcohol motifs (C(OH)–C–C–N with tert-alkyl or cyclic N) is 1. The summed E-state index contributed by atoms with van der Waals surface area (Å²) in [5.74, 6) is -0.207. The highest BCUT2D eigenvalue weighted by Crippen LogP contribution is 2.20. The van der Waals surface area contributed by atoms with Gasteiger partial charge in [-0.25, -0.2) is 4.79 Å². The first-order valence-corrected chi connectivity index (χ1v) is 7.19. The standard InChI is InChI=1S/C12H22N2O4.C2H6/c1-7(2)10(13-12(17)18-4)11(16)14-6-9(15)5-8(14)3;1-2/h7-10,15H,5-6H2,1-4H3,(H,13,17);1-2H3. The van der Waals surface area contributed by atoms with E-state index in [0.29, 0.717) is 13.0 Å². The molecule has 118 valence electrons. The van der Waals surface area contributed by atoms with E-state index in [1.54, 1.807) is 4.90 Å². The van der Waals surface area contributed by atoms with Crippen LogP contribution in [0.1, 0.15) is 41.0 Å². The number of methoxy groups -OCH3 is 1. The number of aliphatic hydroxyl groups is 1. The number of ether oxygens (including phenoxy) is 1. The summed E-state index contributed by atoms with van der Waals surface area (Å²) in [7, 11) is 1.26. The predicted octanol–water partition coefficient (Wildman–Crippen LogP) is 1.37. The summed E-state index contributed by atoms with van der Waals surface area (Å²) in [6, 6.07) is -0.626. The molecule has 1 fully saturated rings. The van der Waals surface area contributed by atoms with Gasteiger partial charge in [0.15, 0.2) is 0 Å². The van der Waals surface area contributed by atoms with Crippen LogP contribution in [-0.2, 0) is 9.53 Å². The molecule has 0 bridgehead atoms. The van der Waals surface area contributed by atoms with E-state index in [9.17, 15) is 14.7 Å². The molecular weight excluding hydrogens is 260 g/mol. The molecule has 1 saturated heterocycles. The molecule has 3 atom stereocenters. The van der Waals surface area contributed by atoms with E-state index in [1.807, 2.05) is 34.6 Å². The molecular formula is C14H28N2O4. The van der Waals surface area contributed by atoms with E-state index >= 15 is 0 Å². The molecule has 1 heterocycles. The van der Waals surface area contributed by atoms with Gasteiger partial charge >= 0.3 is 6.09 Å². The normalized spacial score (nSPS) is 22.9. The number of carbonyl (C=O) groups is 2. The van der Waals surface area contributed by atoms with Gasteiger partial charge in [0.25, 0.3) is 0 Å². The lowest BCUT2D eigenvalue weighted by molar-refractivity contribution is -0.135. The number of hydrogen-bond acceptors (Lipinski definition) is 4. The van der Waals surface area contributed by atoms with Gasteiger partial charge in [-0.05, 0) is 19.3 Å². The van der Waals surface area contributed by atoms with Crippen LogP contribution in [0.3, 0.4) is 0 Å². The molecule has 1 rings (SSSR count). The Bertz CT molecular complexity index is 320. The smallest absolute Gasteiger partial charge is 0.407 e. The molecule has 0 spiro atoms. The Balaban J connectivity index is 0.00000172. The summed E-state index contributed by atoms with van der Waals surface area (Å²) in [6.45, 7) is 9.93. The first-order chi connectivity index (χ1) is 9.36. The molecule has 2 amide bonds. The number of amides is 2. The predicted molar refractivity (Wildman–Crippen MR) is 77.3 cm³/mol. The topological polar surface area (TPSA) is 78.9 Å². The molecule has 0 aromatic rings. The minimum Gasteiger partial charge on any atom is -0.453 e. The van der Waals surface area contributed by atoms with Gasteiger partial charge in [-0.3, -0.25) is 4.79 Å². The lowest BCUT2D eigenvalue weighted by Gasteiger charge is -2.29. The van der Waals surface area contributed by atoms with Gasteiger partial charge in [-0.15, -0.1) is 0 Å². The molecule has 0 radical (unpaired) electrons. The van der Waals surface area contributed by atoms with Crippen LogP contribution in [0.2, 0.25) is 0 Å². The van der Waals surface area contributed by atoms with Crippen LogP contribution in [0.25, 0.3) is 0 Å². The molecule has 0 aromatic carbocycles. The summed E-state index contributed by atoms with van der Waals surface area (Å²) in [4.78, 5) is 25.2. The molecule has 2 N–H and O–H groups in total. The molecule has 1 aliphatic heterocycles. The molecule has 1 aliphatic rings. The van der Waals surface area contributed by atoms with Gasteiger partial charge < -0.3 is 20.1 Å². The lowest BCUT2D eigenvalue weighted by Crippen LogP contribution is -2.52. The van der Waals surface area contributed by atoms with Gasteiger partial charge in [-0.2, -0.15) is 0 Å². The van der Waals surface area contributed by atoms with Gasteiger partial charge in [0, 0.05) is 12.6 Å². The molecule has 3 unspecified atom stereocenters. The number of carbonyl (C=O) groups excluding carboxylic acids is 2. The van der Waals surface area contributed by atoms with Crippen molar-refractivity contribution in [1.29, 1.82) is 0 Å². The molecule has 20 heavy (non-hydrogen) atoms. The van der Waals surface area contributed by atoms with Crippen LogP contribution in [0, 0.1) is 5.92 Å². The van der Waals surface area contributed by atoms with Crippen LogP contribution in [-0.4, -0.2) is 53.8 Å². The molecule has 6 nitrogen and oxygen atoms in total. The fraction of sp³-hybridized carbons (Fsp3) is 0.857. The minimum absolute atomic E-state index is 0.00630. The first kappa shape index (κ1) is 18.7. The molecule has 0 aromatic heterocycles. The van der Waals surface area contributed by atoms with Gasteiger partial charge in [0.2, 0.25) is 5.91 Å². The Labute approximate surface area is 121 Å². The number of likely N-dealkylation sites (tertiary alicyclic amines) is 1. The molecule has 0 aliphatic carbocycles. The van der Waals surface area contributed by atoms with Gasteiger partial charge in [0.05, 0.1) is 13.2 Å². The lowest BCUT2D eigenvalue weighted by atomic mass is 10.0. The Hall–Kier alpha value is -1.30. The second kappa shape index (κ2) is 8.79. The van der Waals surface area contributed by atoms with Crippen molar-refractivity contribution in [1.82, 2.24) is 10.2 Å². The zero-order chi connectivity index (χ0) is 15.9. The third-order valence-electron chi connectivity index (χ3n) is 3.23. The van der Waals surface area contributed by atoms with Crippen molar-refractivity contribution in [2.24, 2.45) is 5.92 Å². The fourth-order valence-electron chi connectivity index (χ4n) is 2.19. The van der Waals surface area contributed by atoms with Crippen LogP contribution < -0.4 is 5.32 Å². The SMILES string of the molecule is CC.COC(=O)NC(C(=O)N1CC(O)CC1C)C(C)C. The quantitative estimate of drug-likeness (QED) is 0.822. The highest BCUT2D eigenvalue weighted by Gasteiger charge is 2.36. The highest BCUT2D eigenvalue weighted by molar-refractivity contribution is 5.86. The number of nitrogens with zero attached hydrogens (tertiary/aromatic N) is 1. The number of rotatable bonds is 3. The van der Waals surface area contributed by atoms with Crippen molar-refractivity contribution in [2.75, 3.05) is 13.7 Å². The Morgan fingerprint density at radius 2 is 1.90 bits per heavy atom. The monoisotopic (exact) mass is 288 g/mol. The van der Waals surface area contributed by atoms with Crippen LogP contribution in [0.5, 0.6) is 0 Å². The van der Waals surface area contributed by atoms with Crippen LogP contribution >= 0.6 is 0 Å². The minimum atomic E-state index is -0.620. The second-order valence-corrected chi connectivity index (χ2v) is 5.09. The summed E-state index contributed by atoms with van der Waals surface area (Å²) in [5, 5.41) is 12.1. The average Bonchev–Trinajstić information content (AvgIpc) is 2.75. The second-order valence-electron chi connectivity index (χ2n) is 5.09. The largest absolute Gasteiger partial charge is 0.453 e. The Morgan fingerprint density at radius 3 is 2.25 bits per heavy atom. The van der Waals surface area contributed by atoms with Crippen molar-refractivity contribution in [3.05, 3.63) is 0 Å². The highest BCUT2D eigenvalue weighted by atomic mass is 16.5. The van der Waals surface area contributed by atoms with Crippen molar-refractivity contribution in [3.63, 3.8) is 0 Å². The molecule has 0 saturated carbocycles. The molecule has 6 heteroatoms. The summed E-state index contributed by atoms with van der Waals surface area (Å²) < 4.78 is 4.52. The number of aliphatic hydroxyl groups excluding tert-OH is 1. The van der Waals surface area contributed by atoms with Crippen molar-refractivity contribution in [2.45, 2.75) is 59.2 Å². The van der Waals surface area contributed by atoms with E-state index in [2.05, 4.69) is 10.1 Å². The zero-order valence-electron chi connectivity index (χ0n) is 13.3. The Morgan fingerprint density at radius 1 is 1.35 bits per heavy atom. The zero-order valence-corrected chi connectivity index (χ0v) is 13.3. The maximum atomic E-state index is 12.3. The fourth-order valence-corrected chi connectivity index (χ4v) is 2.19. The number of alkyl carbamates (subject to hydrolysis) is 1.